The van der Waals surface area contributed by atoms with E-state index >= 15 is 0 Å². The second-order valence-corrected chi connectivity index (χ2v) is 10.3. The highest BCUT2D eigenvalue weighted by Crippen LogP contribution is 2.44. The normalized spacial score (nSPS) is 23.9. The summed E-state index contributed by atoms with van der Waals surface area (Å²) in [7, 11) is 1.64. The number of carboxylic acid groups (broad SMARTS) is 2. The van der Waals surface area contributed by atoms with Crippen LogP contribution in [0.25, 0.3) is 0 Å². The fourth-order valence-corrected chi connectivity index (χ4v) is 6.60. The number of carboxylic acids is 2. The van der Waals surface area contributed by atoms with Gasteiger partial charge in [0.2, 0.25) is 17.7 Å². The summed E-state index contributed by atoms with van der Waals surface area (Å²) in [6.07, 6.45) is 0. The van der Waals surface area contributed by atoms with Crippen molar-refractivity contribution in [3.8, 4) is 0 Å². The van der Waals surface area contributed by atoms with Crippen LogP contribution in [0, 0.1) is 5.41 Å². The number of hydrogen-bond acceptors (Lipinski definition) is 13. The Kier molecular flexibility index (Phi) is 7.22. The number of β-lactam (4-membered cyclic amide) rings is 1. The number of aromatic nitrogens is 5. The molecule has 0 bridgehead atoms. The minimum absolute atomic E-state index is 0.0295. The summed E-state index contributed by atoms with van der Waals surface area (Å²) in [5.74, 6) is -3.16. The molecule has 0 radical (unpaired) electrons. The summed E-state index contributed by atoms with van der Waals surface area (Å²) >= 11 is 3.63. The van der Waals surface area contributed by atoms with Gasteiger partial charge in [-0.3, -0.25) is 14.4 Å². The molecule has 3 atom stereocenters. The number of carbonyl (C=O) groups is 4. The molecule has 0 spiro atoms. The molecule has 2 aromatic rings. The first-order valence-corrected chi connectivity index (χ1v) is 12.8. The fraction of sp³-hybridized carbons (Fsp3) is 0.471. The average Bonchev–Trinajstić information content (AvgIpc) is 3.50. The molecule has 4 rings (SSSR count). The third-order valence-corrected chi connectivity index (χ3v) is 8.65. The Morgan fingerprint density at radius 1 is 1.40 bits per heavy atom. The summed E-state index contributed by atoms with van der Waals surface area (Å²) in [6.45, 7) is -0.784. The minimum atomic E-state index is -1.27. The third kappa shape index (κ3) is 5.08. The predicted molar refractivity (Wildman–Crippen MR) is 122 cm³/mol. The first-order valence-electron chi connectivity index (χ1n) is 9.83. The van der Waals surface area contributed by atoms with Crippen LogP contribution in [0.15, 0.2) is 21.2 Å². The van der Waals surface area contributed by atoms with E-state index in [2.05, 4.69) is 31.0 Å². The summed E-state index contributed by atoms with van der Waals surface area (Å²) in [5, 5.41) is 37.5. The molecular weight excluding hydrogens is 524 g/mol. The largest absolute Gasteiger partial charge is 0.481 e. The molecule has 2 unspecified atom stereocenters. The molecule has 0 saturated carbocycles. The van der Waals surface area contributed by atoms with E-state index in [-0.39, 0.29) is 29.5 Å². The van der Waals surface area contributed by atoms with E-state index in [0.29, 0.717) is 5.16 Å². The second-order valence-electron chi connectivity index (χ2n) is 7.56. The molecule has 15 nitrogen and oxygen atoms in total. The number of nitrogens with one attached hydrogen (secondary N) is 1. The van der Waals surface area contributed by atoms with Gasteiger partial charge in [0.1, 0.15) is 22.5 Å². The Hall–Kier alpha value is -3.25. The standard InChI is InChI=1S/C17H18N8O7S3/c1-24-16(20-22-23-24)35-6-17(15(30)31)4-25-13(29)11(14(25)34-5-17)19-12(28)10(8-3-33-7-18-8)21-32-2-9(26)27/h3,7,11,14H,2,4-6H2,1H3,(H,19,28)(H,26,27)(H,30,31)/t11?,14-,17?/m1/s1. The van der Waals surface area contributed by atoms with Crippen molar-refractivity contribution in [1.82, 2.24) is 35.4 Å². The zero-order valence-corrected chi connectivity index (χ0v) is 20.4. The van der Waals surface area contributed by atoms with Crippen LogP contribution < -0.4 is 5.32 Å². The molecule has 186 valence electrons. The van der Waals surface area contributed by atoms with E-state index in [1.165, 1.54) is 55.3 Å². The predicted octanol–water partition coefficient (Wildman–Crippen LogP) is -1.26. The lowest BCUT2D eigenvalue weighted by Gasteiger charge is -2.53. The van der Waals surface area contributed by atoms with Gasteiger partial charge in [0.15, 0.2) is 5.71 Å². The summed E-state index contributed by atoms with van der Waals surface area (Å²) in [5.41, 5.74) is 0.134. The highest BCUT2D eigenvalue weighted by molar-refractivity contribution is 8.00. The van der Waals surface area contributed by atoms with Crippen LogP contribution in [-0.2, 0) is 31.1 Å². The van der Waals surface area contributed by atoms with Crippen molar-refractivity contribution in [2.45, 2.75) is 16.6 Å². The highest BCUT2D eigenvalue weighted by atomic mass is 32.2. The lowest BCUT2D eigenvalue weighted by Crippen LogP contribution is -2.74. The van der Waals surface area contributed by atoms with Crippen LogP contribution in [-0.4, -0.2) is 106 Å². The van der Waals surface area contributed by atoms with Crippen LogP contribution in [0.1, 0.15) is 5.69 Å². The Morgan fingerprint density at radius 2 is 2.20 bits per heavy atom. The van der Waals surface area contributed by atoms with E-state index in [4.69, 9.17) is 9.94 Å². The van der Waals surface area contributed by atoms with E-state index in [1.807, 2.05) is 0 Å². The molecular formula is C17H18N8O7S3. The SMILES string of the molecule is Cn1nnnc1SCC1(C(=O)O)CS[C@@H]2C(NC(=O)C(=NOCC(=O)O)c3cscn3)C(=O)N2C1. The van der Waals surface area contributed by atoms with Crippen LogP contribution in [0.3, 0.4) is 0 Å². The number of hydrogen-bond donors (Lipinski definition) is 3. The number of fused-ring (bicyclic) bond motifs is 1. The number of aryl methyl sites for hydroxylation is 1. The fourth-order valence-electron chi connectivity index (χ4n) is 3.35. The Balaban J connectivity index is 1.42. The second kappa shape index (κ2) is 10.2. The van der Waals surface area contributed by atoms with E-state index in [9.17, 15) is 24.3 Å². The number of tetrazole rings is 1. The van der Waals surface area contributed by atoms with E-state index < -0.39 is 47.2 Å². The zero-order chi connectivity index (χ0) is 25.2. The van der Waals surface area contributed by atoms with Crippen LogP contribution in [0.5, 0.6) is 0 Å². The molecule has 2 aliphatic rings. The summed E-state index contributed by atoms with van der Waals surface area (Å²) in [4.78, 5) is 58.6. The van der Waals surface area contributed by atoms with Gasteiger partial charge in [-0.05, 0) is 10.4 Å². The van der Waals surface area contributed by atoms with Gasteiger partial charge in [-0.2, -0.15) is 0 Å². The molecule has 2 saturated heterocycles. The van der Waals surface area contributed by atoms with Crippen molar-refractivity contribution in [2.75, 3.05) is 24.7 Å². The number of oxime groups is 1. The van der Waals surface area contributed by atoms with Crippen molar-refractivity contribution in [2.24, 2.45) is 17.6 Å². The van der Waals surface area contributed by atoms with E-state index in [0.717, 1.165) is 0 Å². The maximum absolute atomic E-state index is 12.8. The third-order valence-electron chi connectivity index (χ3n) is 5.18. The molecule has 0 aromatic carbocycles. The van der Waals surface area contributed by atoms with Crippen molar-refractivity contribution in [3.63, 3.8) is 0 Å². The lowest BCUT2D eigenvalue weighted by molar-refractivity contribution is -0.157. The molecule has 2 aliphatic heterocycles. The molecule has 3 N–H and O–H groups in total. The quantitative estimate of drug-likeness (QED) is 0.139. The van der Waals surface area contributed by atoms with Gasteiger partial charge < -0.3 is 25.3 Å². The Labute approximate surface area is 209 Å². The summed E-state index contributed by atoms with van der Waals surface area (Å²) < 4.78 is 1.43. The molecule has 2 aromatic heterocycles. The maximum atomic E-state index is 12.8. The highest BCUT2D eigenvalue weighted by Gasteiger charge is 2.57. The lowest BCUT2D eigenvalue weighted by atomic mass is 9.89. The van der Waals surface area contributed by atoms with Crippen LogP contribution >= 0.6 is 34.9 Å². The molecule has 0 aliphatic carbocycles. The Bertz CT molecular complexity index is 1170. The molecule has 18 heteroatoms. The van der Waals surface area contributed by atoms with Gasteiger partial charge in [-0.1, -0.05) is 16.9 Å². The first kappa shape index (κ1) is 24.9. The zero-order valence-electron chi connectivity index (χ0n) is 17.9. The van der Waals surface area contributed by atoms with Gasteiger partial charge in [0.25, 0.3) is 5.91 Å². The van der Waals surface area contributed by atoms with Crippen molar-refractivity contribution >= 4 is 64.3 Å². The van der Waals surface area contributed by atoms with Gasteiger partial charge in [-0.15, -0.1) is 28.2 Å². The summed E-state index contributed by atoms with van der Waals surface area (Å²) in [6, 6.07) is -0.904. The number of nitrogens with zero attached hydrogens (tertiary/aromatic N) is 7. The number of thioether (sulfide) groups is 2. The van der Waals surface area contributed by atoms with Gasteiger partial charge >= 0.3 is 11.9 Å². The van der Waals surface area contributed by atoms with Gasteiger partial charge in [0, 0.05) is 30.5 Å². The van der Waals surface area contributed by atoms with Crippen molar-refractivity contribution in [3.05, 3.63) is 16.6 Å². The van der Waals surface area contributed by atoms with Gasteiger partial charge in [-0.25, -0.2) is 14.5 Å². The molecule has 4 heterocycles. The number of carbonyl (C=O) groups excluding carboxylic acids is 2. The first-order chi connectivity index (χ1) is 16.7. The van der Waals surface area contributed by atoms with Crippen molar-refractivity contribution < 1.29 is 34.2 Å². The van der Waals surface area contributed by atoms with Crippen LogP contribution in [0.4, 0.5) is 0 Å². The average molecular weight is 543 g/mol. The van der Waals surface area contributed by atoms with E-state index in [1.54, 1.807) is 7.05 Å². The smallest absolute Gasteiger partial charge is 0.344 e. The number of rotatable bonds is 10. The molecule has 2 fully saturated rings. The maximum Gasteiger partial charge on any atom is 0.344 e. The van der Waals surface area contributed by atoms with Gasteiger partial charge in [0.05, 0.1) is 5.51 Å². The number of amides is 2. The topological polar surface area (TPSA) is 202 Å². The number of thiazole rings is 1. The molecule has 2 amide bonds. The Morgan fingerprint density at radius 3 is 2.83 bits per heavy atom. The van der Waals surface area contributed by atoms with Crippen molar-refractivity contribution in [1.29, 1.82) is 0 Å². The number of aliphatic carboxylic acids is 2. The molecule has 35 heavy (non-hydrogen) atoms. The monoisotopic (exact) mass is 542 g/mol. The minimum Gasteiger partial charge on any atom is -0.481 e. The van der Waals surface area contributed by atoms with Crippen LogP contribution in [0.2, 0.25) is 0 Å².